The van der Waals surface area contributed by atoms with Crippen molar-refractivity contribution < 1.29 is 9.59 Å². The molecule has 1 amide bonds. The summed E-state index contributed by atoms with van der Waals surface area (Å²) in [5.74, 6) is 0.298. The SMILES string of the molecule is CC(=O)NC(C)N[C@@H](C=O)CS. The van der Waals surface area contributed by atoms with Crippen LogP contribution in [-0.4, -0.2) is 30.2 Å². The van der Waals surface area contributed by atoms with Crippen molar-refractivity contribution in [3.8, 4) is 0 Å². The molecule has 5 heteroatoms. The van der Waals surface area contributed by atoms with Gasteiger partial charge in [0, 0.05) is 12.7 Å². The third-order valence-electron chi connectivity index (χ3n) is 1.24. The first kappa shape index (κ1) is 11.4. The molecule has 0 rings (SSSR count). The van der Waals surface area contributed by atoms with Gasteiger partial charge in [-0.1, -0.05) is 0 Å². The summed E-state index contributed by atoms with van der Waals surface area (Å²) in [5.41, 5.74) is 0. The number of hydrogen-bond acceptors (Lipinski definition) is 4. The third kappa shape index (κ3) is 5.15. The molecule has 0 aromatic carbocycles. The van der Waals surface area contributed by atoms with Gasteiger partial charge < -0.3 is 10.1 Å². The predicted octanol–water partition coefficient (Wildman–Crippen LogP) is -0.445. The second-order valence-electron chi connectivity index (χ2n) is 2.51. The molecule has 0 radical (unpaired) electrons. The van der Waals surface area contributed by atoms with Crippen molar-refractivity contribution in [2.75, 3.05) is 5.75 Å². The number of aldehydes is 1. The fourth-order valence-electron chi connectivity index (χ4n) is 0.803. The first-order chi connectivity index (χ1) is 5.60. The monoisotopic (exact) mass is 190 g/mol. The van der Waals surface area contributed by atoms with E-state index in [0.717, 1.165) is 6.29 Å². The Labute approximate surface area is 77.5 Å². The van der Waals surface area contributed by atoms with Gasteiger partial charge in [-0.15, -0.1) is 0 Å². The van der Waals surface area contributed by atoms with Gasteiger partial charge in [-0.2, -0.15) is 12.6 Å². The van der Waals surface area contributed by atoms with Gasteiger partial charge >= 0.3 is 0 Å². The maximum atomic E-state index is 10.6. The molecule has 4 nitrogen and oxygen atoms in total. The van der Waals surface area contributed by atoms with Crippen LogP contribution in [0.4, 0.5) is 0 Å². The summed E-state index contributed by atoms with van der Waals surface area (Å²) in [7, 11) is 0. The Kier molecular flexibility index (Phi) is 5.74. The number of hydrogen-bond donors (Lipinski definition) is 3. The van der Waals surface area contributed by atoms with Crippen LogP contribution in [0.25, 0.3) is 0 Å². The lowest BCUT2D eigenvalue weighted by atomic mass is 10.3. The van der Waals surface area contributed by atoms with Crippen LogP contribution in [0.5, 0.6) is 0 Å². The number of carbonyl (C=O) groups excluding carboxylic acids is 2. The molecule has 0 aromatic heterocycles. The van der Waals surface area contributed by atoms with Gasteiger partial charge in [-0.05, 0) is 6.92 Å². The second kappa shape index (κ2) is 6.02. The van der Waals surface area contributed by atoms with E-state index in [-0.39, 0.29) is 18.1 Å². The molecule has 2 N–H and O–H groups in total. The molecule has 2 atom stereocenters. The highest BCUT2D eigenvalue weighted by Crippen LogP contribution is 1.85. The predicted molar refractivity (Wildman–Crippen MR) is 50.1 cm³/mol. The normalized spacial score (nSPS) is 14.9. The molecule has 0 fully saturated rings. The second-order valence-corrected chi connectivity index (χ2v) is 2.88. The largest absolute Gasteiger partial charge is 0.341 e. The molecule has 0 heterocycles. The molecule has 12 heavy (non-hydrogen) atoms. The van der Waals surface area contributed by atoms with Gasteiger partial charge in [0.1, 0.15) is 6.29 Å². The van der Waals surface area contributed by atoms with Gasteiger partial charge in [0.15, 0.2) is 0 Å². The smallest absolute Gasteiger partial charge is 0.218 e. The maximum absolute atomic E-state index is 10.6. The number of amides is 1. The average Bonchev–Trinajstić information content (AvgIpc) is 1.98. The van der Waals surface area contributed by atoms with E-state index in [2.05, 4.69) is 23.3 Å². The third-order valence-corrected chi connectivity index (χ3v) is 1.64. The molecule has 0 aliphatic rings. The summed E-state index contributed by atoms with van der Waals surface area (Å²) in [6.45, 7) is 3.19. The minimum atomic E-state index is -0.310. The summed E-state index contributed by atoms with van der Waals surface area (Å²) in [6, 6.07) is -0.310. The molecule has 0 aromatic rings. The zero-order chi connectivity index (χ0) is 9.56. The quantitative estimate of drug-likeness (QED) is 0.313. The number of nitrogens with one attached hydrogen (secondary N) is 2. The molecule has 0 aliphatic carbocycles. The van der Waals surface area contributed by atoms with Crippen molar-refractivity contribution in [2.45, 2.75) is 26.1 Å². The Morgan fingerprint density at radius 1 is 1.67 bits per heavy atom. The first-order valence-corrected chi connectivity index (χ1v) is 4.32. The Morgan fingerprint density at radius 3 is 2.58 bits per heavy atom. The van der Waals surface area contributed by atoms with Crippen molar-refractivity contribution >= 4 is 24.8 Å². The van der Waals surface area contributed by atoms with Gasteiger partial charge in [0.25, 0.3) is 0 Å². The van der Waals surface area contributed by atoms with Crippen LogP contribution < -0.4 is 10.6 Å². The molecular weight excluding hydrogens is 176 g/mol. The molecule has 0 saturated heterocycles. The molecule has 0 bridgehead atoms. The van der Waals surface area contributed by atoms with Gasteiger partial charge in [0.05, 0.1) is 12.2 Å². The Hall–Kier alpha value is -0.550. The highest BCUT2D eigenvalue weighted by Gasteiger charge is 2.08. The van der Waals surface area contributed by atoms with Crippen LogP contribution in [0.15, 0.2) is 0 Å². The topological polar surface area (TPSA) is 58.2 Å². The molecular formula is C7H14N2O2S. The van der Waals surface area contributed by atoms with Crippen molar-refractivity contribution in [2.24, 2.45) is 0 Å². The lowest BCUT2D eigenvalue weighted by Crippen LogP contribution is -2.48. The fourth-order valence-corrected chi connectivity index (χ4v) is 0.994. The van der Waals surface area contributed by atoms with E-state index in [4.69, 9.17) is 0 Å². The molecule has 1 unspecified atom stereocenters. The highest BCUT2D eigenvalue weighted by molar-refractivity contribution is 7.80. The highest BCUT2D eigenvalue weighted by atomic mass is 32.1. The summed E-state index contributed by atoms with van der Waals surface area (Å²) >= 11 is 3.95. The summed E-state index contributed by atoms with van der Waals surface area (Å²) < 4.78 is 0. The number of thiol groups is 1. The first-order valence-electron chi connectivity index (χ1n) is 3.69. The number of carbonyl (C=O) groups is 2. The zero-order valence-electron chi connectivity index (χ0n) is 7.20. The van der Waals surface area contributed by atoms with Crippen molar-refractivity contribution in [1.29, 1.82) is 0 Å². The minimum Gasteiger partial charge on any atom is -0.341 e. The van der Waals surface area contributed by atoms with E-state index < -0.39 is 0 Å². The van der Waals surface area contributed by atoms with Crippen LogP contribution in [0, 0.1) is 0 Å². The van der Waals surface area contributed by atoms with E-state index in [1.807, 2.05) is 0 Å². The Bertz CT molecular complexity index is 163. The molecule has 0 saturated carbocycles. The van der Waals surface area contributed by atoms with Crippen LogP contribution in [-0.2, 0) is 9.59 Å². The zero-order valence-corrected chi connectivity index (χ0v) is 8.10. The molecule has 0 aliphatic heterocycles. The van der Waals surface area contributed by atoms with Gasteiger partial charge in [-0.25, -0.2) is 0 Å². The summed E-state index contributed by atoms with van der Waals surface area (Å²) in [4.78, 5) is 20.9. The standard InChI is InChI=1S/C7H14N2O2S/c1-5(8-6(2)11)9-7(3-10)4-12/h3,5,7,9,12H,4H2,1-2H3,(H,8,11)/t5?,7-/m0/s1. The maximum Gasteiger partial charge on any atom is 0.218 e. The lowest BCUT2D eigenvalue weighted by Gasteiger charge is -2.17. The van der Waals surface area contributed by atoms with Gasteiger partial charge in [-0.3, -0.25) is 10.1 Å². The fraction of sp³-hybridized carbons (Fsp3) is 0.714. The minimum absolute atomic E-state index is 0.126. The van der Waals surface area contributed by atoms with Crippen molar-refractivity contribution in [1.82, 2.24) is 10.6 Å². The average molecular weight is 190 g/mol. The van der Waals surface area contributed by atoms with Crippen LogP contribution in [0.3, 0.4) is 0 Å². The summed E-state index contributed by atoms with van der Waals surface area (Å²) in [6.07, 6.45) is 0.565. The van der Waals surface area contributed by atoms with Crippen LogP contribution >= 0.6 is 12.6 Å². The lowest BCUT2D eigenvalue weighted by molar-refractivity contribution is -0.120. The van der Waals surface area contributed by atoms with E-state index in [0.29, 0.717) is 5.75 Å². The summed E-state index contributed by atoms with van der Waals surface area (Å²) in [5, 5.41) is 5.47. The number of rotatable bonds is 5. The van der Waals surface area contributed by atoms with Crippen molar-refractivity contribution in [3.05, 3.63) is 0 Å². The van der Waals surface area contributed by atoms with E-state index in [1.165, 1.54) is 6.92 Å². The Morgan fingerprint density at radius 2 is 2.25 bits per heavy atom. The van der Waals surface area contributed by atoms with Crippen LogP contribution in [0.2, 0.25) is 0 Å². The van der Waals surface area contributed by atoms with E-state index >= 15 is 0 Å². The molecule has 70 valence electrons. The Balaban J connectivity index is 3.73. The van der Waals surface area contributed by atoms with Crippen LogP contribution in [0.1, 0.15) is 13.8 Å². The van der Waals surface area contributed by atoms with E-state index in [1.54, 1.807) is 6.92 Å². The van der Waals surface area contributed by atoms with Crippen molar-refractivity contribution in [3.63, 3.8) is 0 Å². The van der Waals surface area contributed by atoms with E-state index in [9.17, 15) is 9.59 Å². The van der Waals surface area contributed by atoms with Gasteiger partial charge in [0.2, 0.25) is 5.91 Å². The molecule has 0 spiro atoms.